The van der Waals surface area contributed by atoms with Crippen LogP contribution in [0.4, 0.5) is 45.8 Å². The maximum absolute atomic E-state index is 14.6. The third kappa shape index (κ3) is 14.5. The maximum Gasteiger partial charge on any atom is 0.514 e. The van der Waals surface area contributed by atoms with Crippen LogP contribution in [0.15, 0.2) is 195 Å². The molecule has 3 aliphatic heterocycles. The van der Waals surface area contributed by atoms with Gasteiger partial charge in [0.25, 0.3) is 0 Å². The number of benzene rings is 6. The molecule has 3 saturated heterocycles. The Labute approximate surface area is 475 Å². The lowest BCUT2D eigenvalue weighted by Gasteiger charge is -2.15. The highest BCUT2D eigenvalue weighted by Gasteiger charge is 2.23. The van der Waals surface area contributed by atoms with Crippen LogP contribution in [0.2, 0.25) is 0 Å². The van der Waals surface area contributed by atoms with Gasteiger partial charge in [0.1, 0.15) is 37.1 Å². The van der Waals surface area contributed by atoms with E-state index in [1.165, 1.54) is 18.2 Å². The van der Waals surface area contributed by atoms with Crippen molar-refractivity contribution < 1.29 is 71.4 Å². The first-order valence-electron chi connectivity index (χ1n) is 25.7. The highest BCUT2D eigenvalue weighted by atomic mass is 16.8. The minimum absolute atomic E-state index is 0.0364. The number of rotatable bonds is 18. The first kappa shape index (κ1) is 55.9. The fraction of sp³-hybridized carbons (Fsp3) is 0.150. The van der Waals surface area contributed by atoms with E-state index in [2.05, 4.69) is 30.2 Å². The standard InChI is InChI=1S/C60H48N6O18/c67-52(76-28-25-49-34-79-58(73)82-49)61-43-13-1-37(2-14-43)31-40-7-19-46(20-8-40)64-55(70)65(47-21-9-41(10-22-47)32-38-3-15-44(16-4-38)62-53(68)77-29-26-50-35-80-59(74)83-50)57(72)66(56(64)71)48-23-11-42(12-24-48)33-39-5-17-45(18-6-39)63-54(69)78-30-27-51-36-81-60(75)84-51/h1-27H,28-36H2,(H,61,67)(H,62,68)(H,63,69)/b49-25-,50-26-,51-27-. The van der Waals surface area contributed by atoms with Crippen LogP contribution in [0.5, 0.6) is 0 Å². The molecular formula is C60H48N6O18. The summed E-state index contributed by atoms with van der Waals surface area (Å²) in [5, 5.41) is 7.89. The molecule has 3 N–H and O–H groups in total. The van der Waals surface area contributed by atoms with Gasteiger partial charge >= 0.3 is 53.8 Å². The predicted molar refractivity (Wildman–Crippen MR) is 297 cm³/mol. The molecule has 24 heteroatoms. The van der Waals surface area contributed by atoms with Gasteiger partial charge in [0.2, 0.25) is 0 Å². The first-order valence-corrected chi connectivity index (χ1v) is 25.7. The Hall–Kier alpha value is -11.4. The van der Waals surface area contributed by atoms with Crippen LogP contribution >= 0.6 is 0 Å². The quantitative estimate of drug-likeness (QED) is 0.0534. The molecule has 426 valence electrons. The summed E-state index contributed by atoms with van der Waals surface area (Å²) in [6.45, 7) is -0.529. The van der Waals surface area contributed by atoms with Crippen LogP contribution in [0.1, 0.15) is 33.4 Å². The van der Waals surface area contributed by atoms with Crippen molar-refractivity contribution in [3.63, 3.8) is 0 Å². The number of amides is 3. The number of aromatic nitrogens is 3. The second-order valence-electron chi connectivity index (χ2n) is 18.6. The Bertz CT molecular complexity index is 3490. The van der Waals surface area contributed by atoms with E-state index in [9.17, 15) is 43.2 Å². The van der Waals surface area contributed by atoms with Crippen LogP contribution in [-0.4, -0.2) is 90.1 Å². The Morgan fingerprint density at radius 2 is 0.583 bits per heavy atom. The summed E-state index contributed by atoms with van der Waals surface area (Å²) in [4.78, 5) is 114. The predicted octanol–water partition coefficient (Wildman–Crippen LogP) is 8.71. The molecule has 3 aliphatic rings. The van der Waals surface area contributed by atoms with Gasteiger partial charge in [0.05, 0.1) is 17.1 Å². The van der Waals surface area contributed by atoms with E-state index < -0.39 is 53.8 Å². The molecule has 0 radical (unpaired) electrons. The van der Waals surface area contributed by atoms with Gasteiger partial charge in [0.15, 0.2) is 19.8 Å². The molecule has 0 atom stereocenters. The molecule has 7 aromatic rings. The van der Waals surface area contributed by atoms with E-state index in [1.807, 2.05) is 36.4 Å². The zero-order chi connectivity index (χ0) is 58.5. The molecule has 0 aliphatic carbocycles. The summed E-state index contributed by atoms with van der Waals surface area (Å²) in [6.07, 6.45) is 0.955. The van der Waals surface area contributed by atoms with Crippen LogP contribution in [0.3, 0.4) is 0 Å². The fourth-order valence-electron chi connectivity index (χ4n) is 8.60. The normalized spacial score (nSPS) is 14.9. The van der Waals surface area contributed by atoms with E-state index >= 15 is 0 Å². The van der Waals surface area contributed by atoms with Crippen molar-refractivity contribution in [2.75, 3.05) is 55.6 Å². The highest BCUT2D eigenvalue weighted by Crippen LogP contribution is 2.21. The molecule has 1 aromatic heterocycles. The smallest absolute Gasteiger partial charge is 0.445 e. The molecule has 10 rings (SSSR count). The van der Waals surface area contributed by atoms with Crippen molar-refractivity contribution in [2.24, 2.45) is 0 Å². The summed E-state index contributed by atoms with van der Waals surface area (Å²) in [6, 6.07) is 41.4. The molecular weight excluding hydrogens is 1090 g/mol. The molecule has 4 heterocycles. The lowest BCUT2D eigenvalue weighted by atomic mass is 10.0. The van der Waals surface area contributed by atoms with Gasteiger partial charge in [-0.1, -0.05) is 72.8 Å². The molecule has 3 fully saturated rings. The number of nitrogens with zero attached hydrogens (tertiary/aromatic N) is 3. The summed E-state index contributed by atoms with van der Waals surface area (Å²) in [7, 11) is 0. The average Bonchev–Trinajstić information content (AvgIpc) is 1.39. The fourth-order valence-corrected chi connectivity index (χ4v) is 8.60. The summed E-state index contributed by atoms with van der Waals surface area (Å²) in [5.41, 5.74) is 4.39. The van der Waals surface area contributed by atoms with Gasteiger partial charge in [-0.3, -0.25) is 16.0 Å². The Morgan fingerprint density at radius 1 is 0.357 bits per heavy atom. The van der Waals surface area contributed by atoms with Crippen molar-refractivity contribution in [1.29, 1.82) is 0 Å². The third-order valence-corrected chi connectivity index (χ3v) is 12.8. The molecule has 0 saturated carbocycles. The van der Waals surface area contributed by atoms with Crippen molar-refractivity contribution >= 4 is 53.8 Å². The number of carbonyl (C=O) groups excluding carboxylic acids is 6. The van der Waals surface area contributed by atoms with Gasteiger partial charge in [0, 0.05) is 17.1 Å². The van der Waals surface area contributed by atoms with E-state index in [0.29, 0.717) is 36.3 Å². The molecule has 0 unspecified atom stereocenters. The number of hydrogen-bond acceptors (Lipinski definition) is 18. The van der Waals surface area contributed by atoms with E-state index in [1.54, 1.807) is 109 Å². The van der Waals surface area contributed by atoms with E-state index in [0.717, 1.165) is 47.1 Å². The summed E-state index contributed by atoms with van der Waals surface area (Å²) < 4.78 is 46.6. The molecule has 84 heavy (non-hydrogen) atoms. The number of hydrogen-bond donors (Lipinski definition) is 3. The number of ether oxygens (including phenoxy) is 9. The van der Waals surface area contributed by atoms with Crippen LogP contribution in [-0.2, 0) is 61.9 Å². The number of cyclic esters (lactones) is 6. The highest BCUT2D eigenvalue weighted by molar-refractivity contribution is 5.86. The molecule has 0 bridgehead atoms. The minimum Gasteiger partial charge on any atom is -0.445 e. The van der Waals surface area contributed by atoms with E-state index in [-0.39, 0.29) is 74.0 Å². The average molecular weight is 1140 g/mol. The summed E-state index contributed by atoms with van der Waals surface area (Å²) >= 11 is 0. The molecule has 24 nitrogen and oxygen atoms in total. The monoisotopic (exact) mass is 1140 g/mol. The lowest BCUT2D eigenvalue weighted by molar-refractivity contribution is 0.134. The van der Waals surface area contributed by atoms with Crippen molar-refractivity contribution in [3.05, 3.63) is 246 Å². The molecule has 6 aromatic carbocycles. The SMILES string of the molecule is O=C(Nc1ccc(Cc2ccc(-n3c(=O)n(-c4ccc(Cc5ccc(NC(=O)OC/C=C6/COC(=O)O6)cc5)cc4)c(=O)n(-c4ccc(Cc5ccc(NC(=O)OC/C=C6/COC(=O)O6)cc5)cc4)c3=O)cc2)cc1)OC/C=C1/COC(=O)O1. The second kappa shape index (κ2) is 25.8. The lowest BCUT2D eigenvalue weighted by Crippen LogP contribution is -2.52. The molecule has 0 spiro atoms. The minimum atomic E-state index is -0.906. The van der Waals surface area contributed by atoms with Crippen LogP contribution < -0.4 is 33.0 Å². The topological polar surface area (TPSA) is 288 Å². The summed E-state index contributed by atoms with van der Waals surface area (Å²) in [5.74, 6) is 0.737. The van der Waals surface area contributed by atoms with Crippen molar-refractivity contribution in [1.82, 2.24) is 13.7 Å². The molecule has 3 amide bonds. The van der Waals surface area contributed by atoms with Crippen molar-refractivity contribution in [2.45, 2.75) is 19.3 Å². The van der Waals surface area contributed by atoms with Gasteiger partial charge in [-0.15, -0.1) is 0 Å². The van der Waals surface area contributed by atoms with E-state index in [4.69, 9.17) is 28.4 Å². The Morgan fingerprint density at radius 3 is 0.798 bits per heavy atom. The number of anilines is 3. The largest absolute Gasteiger partial charge is 0.514 e. The Kier molecular flexibility index (Phi) is 17.1. The van der Waals surface area contributed by atoms with Gasteiger partial charge in [-0.25, -0.2) is 56.9 Å². The van der Waals surface area contributed by atoms with Gasteiger partial charge < -0.3 is 42.6 Å². The number of nitrogens with one attached hydrogen (secondary N) is 3. The Balaban J connectivity index is 0.842. The van der Waals surface area contributed by atoms with Crippen molar-refractivity contribution in [3.8, 4) is 17.1 Å². The van der Waals surface area contributed by atoms with Gasteiger partial charge in [-0.05, 0) is 144 Å². The van der Waals surface area contributed by atoms with Crippen LogP contribution in [0.25, 0.3) is 17.1 Å². The van der Waals surface area contributed by atoms with Crippen LogP contribution in [0, 0.1) is 0 Å². The first-order chi connectivity index (χ1) is 40.7. The zero-order valence-corrected chi connectivity index (χ0v) is 44.1. The third-order valence-electron chi connectivity index (χ3n) is 12.8. The zero-order valence-electron chi connectivity index (χ0n) is 44.1. The van der Waals surface area contributed by atoms with Gasteiger partial charge in [-0.2, -0.15) is 0 Å². The second-order valence-corrected chi connectivity index (χ2v) is 18.6. The number of carbonyl (C=O) groups is 6. The maximum atomic E-state index is 14.6.